The van der Waals surface area contributed by atoms with Gasteiger partial charge in [0.25, 0.3) is 0 Å². The molecule has 3 aliphatic rings. The lowest BCUT2D eigenvalue weighted by Gasteiger charge is -2.48. The maximum atomic E-state index is 14.4. The Morgan fingerprint density at radius 3 is 2.24 bits per heavy atom. The third kappa shape index (κ3) is 13.9. The van der Waals surface area contributed by atoms with E-state index < -0.39 is 112 Å². The zero-order chi connectivity index (χ0) is 52.3. The molecule has 20 heteroatoms. The summed E-state index contributed by atoms with van der Waals surface area (Å²) in [5.74, 6) is -2.68. The van der Waals surface area contributed by atoms with Crippen LogP contribution in [-0.4, -0.2) is 202 Å². The van der Waals surface area contributed by atoms with Crippen LogP contribution < -0.4 is 0 Å². The first-order valence-electron chi connectivity index (χ1n) is 24.9. The van der Waals surface area contributed by atoms with Gasteiger partial charge in [-0.3, -0.25) is 4.79 Å². The number of aliphatic hydroxyl groups excluding tert-OH is 3. The molecular formula is C50H85N5O14S. The molecule has 3 fully saturated rings. The summed E-state index contributed by atoms with van der Waals surface area (Å²) in [6.07, 6.45) is -4.64. The third-order valence-electron chi connectivity index (χ3n) is 15.4. The smallest absolute Gasteiger partial charge is 0.311 e. The van der Waals surface area contributed by atoms with Gasteiger partial charge in [0.2, 0.25) is 0 Å². The average molecular weight is 1010 g/mol. The summed E-state index contributed by atoms with van der Waals surface area (Å²) in [6, 6.07) is 5.64. The number of nitrogens with zero attached hydrogens (tertiary/aromatic N) is 5. The van der Waals surface area contributed by atoms with Gasteiger partial charge in [-0.2, -0.15) is 0 Å². The predicted octanol–water partition coefficient (Wildman–Crippen LogP) is 2.60. The quantitative estimate of drug-likeness (QED) is 0.171. The molecule has 70 heavy (non-hydrogen) atoms. The molecule has 0 aliphatic carbocycles. The normalized spacial score (nSPS) is 40.1. The van der Waals surface area contributed by atoms with Crippen LogP contribution in [0.1, 0.15) is 106 Å². The highest BCUT2D eigenvalue weighted by Gasteiger charge is 2.52. The van der Waals surface area contributed by atoms with Crippen molar-refractivity contribution in [1.29, 1.82) is 0 Å². The Labute approximate surface area is 416 Å². The number of aromatic nitrogens is 3. The van der Waals surface area contributed by atoms with Gasteiger partial charge in [0.1, 0.15) is 30.0 Å². The van der Waals surface area contributed by atoms with Crippen molar-refractivity contribution in [2.45, 2.75) is 203 Å². The van der Waals surface area contributed by atoms with Crippen molar-refractivity contribution < 1.29 is 67.2 Å². The molecule has 5 N–H and O–H groups in total. The summed E-state index contributed by atoms with van der Waals surface area (Å²) in [5, 5.41) is 68.1. The Balaban J connectivity index is 1.42. The van der Waals surface area contributed by atoms with Gasteiger partial charge in [0.15, 0.2) is 16.1 Å². The number of methoxy groups -OCH3 is 1. The van der Waals surface area contributed by atoms with E-state index in [2.05, 4.69) is 10.3 Å². The third-order valence-corrected chi connectivity index (χ3v) is 16.5. The van der Waals surface area contributed by atoms with Gasteiger partial charge < -0.3 is 63.8 Å². The molecule has 1 aromatic carbocycles. The molecule has 400 valence electrons. The largest absolute Gasteiger partial charge is 0.459 e. The van der Waals surface area contributed by atoms with E-state index in [-0.39, 0.29) is 42.8 Å². The van der Waals surface area contributed by atoms with Crippen molar-refractivity contribution in [2.24, 2.45) is 17.8 Å². The molecule has 0 saturated carbocycles. The minimum Gasteiger partial charge on any atom is -0.459 e. The SMILES string of the molecule is CC[C@H]1OC(=O)[C@H](C)[C@@H](OC[C@H]2C[C@@](C)(OC)[C@@H](O)[C@H](C)O2)[C@H](C)[C@@H](O[C@@H]2O[C@H](C)C[C@H](N(C)CCc3cn(Cc4ccc(S(C)(=O)=O)cc4)nn3)[C@H]2O)[C@](C)(O)C[C@@H](C)CN(C)[C@H](C)[C@@H](O)[C@]1(C)O. The summed E-state index contributed by atoms with van der Waals surface area (Å²) in [5.41, 5.74) is -2.79. The van der Waals surface area contributed by atoms with Gasteiger partial charge in [-0.25, -0.2) is 13.1 Å². The van der Waals surface area contributed by atoms with Gasteiger partial charge >= 0.3 is 5.97 Å². The van der Waals surface area contributed by atoms with Crippen LogP contribution in [0.2, 0.25) is 0 Å². The Bertz CT molecular complexity index is 2090. The molecule has 5 rings (SSSR count). The topological polar surface area (TPSA) is 245 Å². The van der Waals surface area contributed by atoms with E-state index in [1.54, 1.807) is 63.6 Å². The number of hydrogen-bond donors (Lipinski definition) is 5. The lowest BCUT2D eigenvalue weighted by molar-refractivity contribution is -0.301. The number of benzene rings is 1. The van der Waals surface area contributed by atoms with Crippen molar-refractivity contribution in [3.63, 3.8) is 0 Å². The summed E-state index contributed by atoms with van der Waals surface area (Å²) in [4.78, 5) is 18.6. The van der Waals surface area contributed by atoms with Crippen LogP contribution in [0.4, 0.5) is 0 Å². The van der Waals surface area contributed by atoms with Crippen LogP contribution in [0.15, 0.2) is 35.4 Å². The van der Waals surface area contributed by atoms with Crippen molar-refractivity contribution >= 4 is 15.8 Å². The Kier molecular flexibility index (Phi) is 19.7. The maximum Gasteiger partial charge on any atom is 0.311 e. The second kappa shape index (κ2) is 23.7. The maximum absolute atomic E-state index is 14.4. The van der Waals surface area contributed by atoms with E-state index in [1.807, 2.05) is 57.8 Å². The Morgan fingerprint density at radius 1 is 0.971 bits per heavy atom. The monoisotopic (exact) mass is 1010 g/mol. The number of hydrogen-bond acceptors (Lipinski definition) is 18. The summed E-state index contributed by atoms with van der Waals surface area (Å²) in [7, 11) is 1.97. The highest BCUT2D eigenvalue weighted by Crippen LogP contribution is 2.39. The number of carbonyl (C=O) groups excluding carboxylic acids is 1. The van der Waals surface area contributed by atoms with Crippen molar-refractivity contribution in [3.05, 3.63) is 41.7 Å². The van der Waals surface area contributed by atoms with E-state index in [0.717, 1.165) is 11.3 Å². The highest BCUT2D eigenvalue weighted by molar-refractivity contribution is 7.90. The first-order chi connectivity index (χ1) is 32.5. The summed E-state index contributed by atoms with van der Waals surface area (Å²) >= 11 is 0. The van der Waals surface area contributed by atoms with Crippen molar-refractivity contribution in [2.75, 3.05) is 47.2 Å². The number of aliphatic hydroxyl groups is 5. The number of likely N-dealkylation sites (N-methyl/N-ethyl adjacent to an activating group) is 2. The second-order valence-electron chi connectivity index (χ2n) is 21.6. The number of esters is 1. The minimum absolute atomic E-state index is 0.0253. The molecule has 3 aliphatic heterocycles. The Morgan fingerprint density at radius 2 is 1.63 bits per heavy atom. The molecule has 0 bridgehead atoms. The van der Waals surface area contributed by atoms with E-state index in [9.17, 15) is 38.7 Å². The van der Waals surface area contributed by atoms with Crippen molar-refractivity contribution in [1.82, 2.24) is 24.8 Å². The fraction of sp³-hybridized carbons (Fsp3) is 0.820. The minimum atomic E-state index is -3.31. The Hall–Kier alpha value is -2.70. The van der Waals surface area contributed by atoms with Crippen LogP contribution in [-0.2, 0) is 56.0 Å². The first-order valence-corrected chi connectivity index (χ1v) is 26.8. The molecule has 0 radical (unpaired) electrons. The molecule has 1 aromatic heterocycles. The van der Waals surface area contributed by atoms with Gasteiger partial charge in [-0.15, -0.1) is 5.10 Å². The second-order valence-corrected chi connectivity index (χ2v) is 23.7. The van der Waals surface area contributed by atoms with E-state index in [0.29, 0.717) is 32.5 Å². The average Bonchev–Trinajstić information content (AvgIpc) is 3.74. The zero-order valence-corrected chi connectivity index (χ0v) is 44.8. The number of sulfone groups is 1. The summed E-state index contributed by atoms with van der Waals surface area (Å²) < 4.78 is 63.7. The lowest BCUT2D eigenvalue weighted by Crippen LogP contribution is -2.60. The predicted molar refractivity (Wildman–Crippen MR) is 260 cm³/mol. The lowest BCUT2D eigenvalue weighted by atomic mass is 9.77. The molecule has 4 heterocycles. The van der Waals surface area contributed by atoms with Crippen LogP contribution in [0.3, 0.4) is 0 Å². The molecule has 19 nitrogen and oxygen atoms in total. The van der Waals surface area contributed by atoms with Gasteiger partial charge in [0, 0.05) is 63.5 Å². The van der Waals surface area contributed by atoms with E-state index in [1.165, 1.54) is 20.3 Å². The molecule has 0 unspecified atom stereocenters. The molecular weight excluding hydrogens is 927 g/mol. The van der Waals surface area contributed by atoms with Crippen LogP contribution in [0.25, 0.3) is 0 Å². The fourth-order valence-electron chi connectivity index (χ4n) is 11.0. The standard InChI is InChI=1S/C50H85N5O14S/c1-15-40-50(10,61)43(57)33(6)54(12)25-29(2)23-48(8,60)45(31(4)42(32(5)46(59)68-40)65-28-37-24-49(9,64-13)44(58)34(7)67-37)69-47-41(56)39(22-30(3)66-47)53(11)21-20-36-27-55(52-51-36)26-35-16-18-38(19-17-35)70(14,62)63/h16-19,27,29-34,37,39-45,47,56-58,60-61H,15,20-26,28H2,1-14H3/t29-,30-,31+,32-,33-,34+,37-,39+,40-,41-,42+,43-,44+,45-,47+,48-,49-,50-/m1/s1. The molecule has 0 spiro atoms. The summed E-state index contributed by atoms with van der Waals surface area (Å²) in [6.45, 7) is 19.0. The number of carbonyl (C=O) groups is 1. The van der Waals surface area contributed by atoms with Crippen LogP contribution in [0.5, 0.6) is 0 Å². The van der Waals surface area contributed by atoms with Crippen LogP contribution >= 0.6 is 0 Å². The highest BCUT2D eigenvalue weighted by atomic mass is 32.2. The number of ether oxygens (including phenoxy) is 6. The molecule has 3 saturated heterocycles. The van der Waals surface area contributed by atoms with E-state index >= 15 is 0 Å². The molecule has 2 aromatic rings. The van der Waals surface area contributed by atoms with Crippen molar-refractivity contribution in [3.8, 4) is 0 Å². The molecule has 0 amide bonds. The van der Waals surface area contributed by atoms with Gasteiger partial charge in [-0.1, -0.05) is 38.1 Å². The van der Waals surface area contributed by atoms with Crippen LogP contribution in [0, 0.1) is 17.8 Å². The number of rotatable bonds is 14. The first kappa shape index (κ1) is 58.2. The number of cyclic esters (lactones) is 1. The van der Waals surface area contributed by atoms with Gasteiger partial charge in [0.05, 0.1) is 71.4 Å². The van der Waals surface area contributed by atoms with Gasteiger partial charge in [-0.05, 0) is 105 Å². The molecule has 18 atom stereocenters. The van der Waals surface area contributed by atoms with E-state index in [4.69, 9.17) is 28.4 Å². The zero-order valence-electron chi connectivity index (χ0n) is 44.0. The fourth-order valence-corrected chi connectivity index (χ4v) is 11.6.